The predicted octanol–water partition coefficient (Wildman–Crippen LogP) is 26.9. The van der Waals surface area contributed by atoms with E-state index in [1.165, 1.54) is 114 Å². The minimum atomic E-state index is -2.05. The lowest BCUT2D eigenvalue weighted by atomic mass is 10.1. The average Bonchev–Trinajstić information content (AvgIpc) is 0.831. The van der Waals surface area contributed by atoms with Gasteiger partial charge in [-0.05, 0) is 326 Å². The molecule has 7 aromatic carbocycles. The van der Waals surface area contributed by atoms with E-state index in [1.54, 1.807) is 56.7 Å². The van der Waals surface area contributed by atoms with E-state index in [0.29, 0.717) is 51.2 Å². The van der Waals surface area contributed by atoms with E-state index in [9.17, 15) is 62.6 Å². The van der Waals surface area contributed by atoms with E-state index < -0.39 is 91.4 Å². The lowest BCUT2D eigenvalue weighted by molar-refractivity contribution is -0.385. The molecule has 0 aromatic heterocycles. The van der Waals surface area contributed by atoms with Crippen molar-refractivity contribution < 1.29 is 103 Å². The standard InChI is InChI=1S/C21H35ClO3Si2.2C16H23ClO3Si.C12H13ClO4.2C10H8ClNO4.C9H5ClF2O/c1-20(2,3)26(7,8)24-17-13-11-16(12-14-19(22)23)15-18(17)25-27(9,10)21(4,5)6;1-16(2,3)21(5,6)20-13-9-7-12(8-10-15(17)18)11-14(13)19-4;1-16(2,3)21(5,6)20-14-11-12(8-10-15(17)18)7-9-13(14)19-4;1-15-9-6-8(4-5-11(13)14)7-10(16-2)12(9)17-3;1-16-9-4-2-7(3-5-10(11)13)6-8(9)12(14)15;1-16-9-6-7(3-5-10(11)13)2-4-8(9)12(14)15;10-9(13)4-2-6-1-3-7(11)8(12)5-6/h11-15H,1-10H3;2*7-11H,1-6H3;4-7H,1-3H3;2*2-6H,1H3;1-5H/b14-12+;2*10-8+;5-4+;2*5-3+;4-2+. The normalized spacial score (nSPS) is 11.8. The zero-order valence-corrected chi connectivity index (χ0v) is 87.7. The molecule has 0 spiro atoms. The zero-order chi connectivity index (χ0) is 101. The summed E-state index contributed by atoms with van der Waals surface area (Å²) in [5.41, 5.74) is 4.46. The van der Waals surface area contributed by atoms with Gasteiger partial charge in [-0.2, -0.15) is 0 Å². The topological polar surface area (TPSA) is 307 Å². The van der Waals surface area contributed by atoms with Gasteiger partial charge in [-0.3, -0.25) is 53.8 Å². The van der Waals surface area contributed by atoms with Crippen molar-refractivity contribution in [2.45, 2.75) is 156 Å². The highest BCUT2D eigenvalue weighted by molar-refractivity contribution is 6.76. The number of nitro benzene ring substituents is 2. The SMILES string of the molecule is CC(C)(C)[Si](C)(C)Oc1ccc(/C=C/C(=O)Cl)cc1O[Si](C)(C)C(C)(C)C.COc1cc(/C=C/C(=O)Cl)cc(OC)c1OC.COc1cc(/C=C/C(=O)Cl)ccc1O[Si](C)(C)C(C)(C)C.COc1cc(/C=C/C(=O)Cl)ccc1[N+](=O)[O-].COc1ccc(/C=C/C(=O)Cl)cc1O[Si](C)(C)C(C)(C)C.COc1ccc(/C=C/C(=O)Cl)cc1[N+](=O)[O-].O=C(Cl)/C=C/c1ccc(F)c(F)c1. The molecule has 0 bridgehead atoms. The molecule has 0 N–H and O–H groups in total. The third kappa shape index (κ3) is 42.9. The van der Waals surface area contributed by atoms with Gasteiger partial charge in [-0.1, -0.05) is 144 Å². The third-order valence-corrected chi connectivity index (χ3v) is 38.6. The summed E-state index contributed by atoms with van der Waals surface area (Å²) in [4.78, 5) is 94.7. The van der Waals surface area contributed by atoms with Crippen LogP contribution in [0.25, 0.3) is 42.5 Å². The van der Waals surface area contributed by atoms with Crippen LogP contribution in [-0.4, -0.2) is 130 Å². The molecule has 7 aromatic rings. The number of benzene rings is 7. The van der Waals surface area contributed by atoms with Crippen molar-refractivity contribution in [2.24, 2.45) is 0 Å². The fraction of sp³-hybridized carbons (Fsp3) is 0.330. The second-order valence-corrected chi connectivity index (χ2v) is 55.5. The summed E-state index contributed by atoms with van der Waals surface area (Å²) < 4.78 is 86.7. The first-order valence-electron chi connectivity index (χ1n) is 39.7. The van der Waals surface area contributed by atoms with Gasteiger partial charge in [0.15, 0.2) is 46.1 Å². The Hall–Kier alpha value is -10.2. The van der Waals surface area contributed by atoms with Gasteiger partial charge in [-0.15, -0.1) is 0 Å². The molecule has 0 heterocycles. The van der Waals surface area contributed by atoms with Crippen molar-refractivity contribution in [3.05, 3.63) is 235 Å². The Labute approximate surface area is 805 Å². The maximum atomic E-state index is 12.6. The number of carbonyl (C=O) groups excluding carboxylic acids is 7. The van der Waals surface area contributed by atoms with Crippen LogP contribution in [0.4, 0.5) is 20.2 Å². The van der Waals surface area contributed by atoms with Gasteiger partial charge in [-0.25, -0.2) is 8.78 Å². The van der Waals surface area contributed by atoms with Crippen molar-refractivity contribution in [1.29, 1.82) is 0 Å². The van der Waals surface area contributed by atoms with Crippen LogP contribution in [0.2, 0.25) is 72.5 Å². The van der Waals surface area contributed by atoms with Crippen molar-refractivity contribution in [3.63, 3.8) is 0 Å². The van der Waals surface area contributed by atoms with Crippen LogP contribution in [0.1, 0.15) is 122 Å². The minimum Gasteiger partial charge on any atom is -0.541 e. The molecule has 0 fully saturated rings. The van der Waals surface area contributed by atoms with Gasteiger partial charge >= 0.3 is 11.4 Å². The number of nitro groups is 2. The van der Waals surface area contributed by atoms with Gasteiger partial charge in [0, 0.05) is 12.1 Å². The largest absolute Gasteiger partial charge is 0.541 e. The van der Waals surface area contributed by atoms with Gasteiger partial charge in [0.2, 0.25) is 42.4 Å². The van der Waals surface area contributed by atoms with E-state index in [0.717, 1.165) is 69.9 Å². The van der Waals surface area contributed by atoms with Crippen LogP contribution in [0.15, 0.2) is 164 Å². The molecular formula is C94H115Cl7F2N2O22Si4. The third-order valence-electron chi connectivity index (χ3n) is 20.3. The Morgan fingerprint density at radius 1 is 0.275 bits per heavy atom. The van der Waals surface area contributed by atoms with E-state index in [2.05, 4.69) is 135 Å². The Morgan fingerprint density at radius 3 is 0.786 bits per heavy atom. The highest BCUT2D eigenvalue weighted by Crippen LogP contribution is 2.47. The van der Waals surface area contributed by atoms with Crippen LogP contribution in [0.5, 0.6) is 63.2 Å². The lowest BCUT2D eigenvalue weighted by Crippen LogP contribution is -2.45. The first kappa shape index (κ1) is 119. The molecule has 0 aliphatic rings. The average molecular weight is 2020 g/mol. The number of nitrogens with zero attached hydrogens (tertiary/aromatic N) is 2. The van der Waals surface area contributed by atoms with Gasteiger partial charge in [0.05, 0.1) is 59.6 Å². The first-order valence-corrected chi connectivity index (χ1v) is 54.0. The van der Waals surface area contributed by atoms with Gasteiger partial charge in [0.25, 0.3) is 33.3 Å². The van der Waals surface area contributed by atoms with Gasteiger partial charge < -0.3 is 50.9 Å². The maximum absolute atomic E-state index is 12.6. The number of halogens is 9. The Kier molecular flexibility index (Phi) is 49.6. The molecule has 0 atom stereocenters. The van der Waals surface area contributed by atoms with Crippen molar-refractivity contribution in [3.8, 4) is 63.2 Å². The molecular weight excluding hydrogens is 1910 g/mol. The van der Waals surface area contributed by atoms with Crippen molar-refractivity contribution in [2.75, 3.05) is 49.8 Å². The Morgan fingerprint density at radius 2 is 0.504 bits per heavy atom. The molecule has 0 saturated carbocycles. The molecule has 0 unspecified atom stereocenters. The second-order valence-electron chi connectivity index (χ2n) is 33.9. The fourth-order valence-electron chi connectivity index (χ4n) is 9.10. The van der Waals surface area contributed by atoms with Crippen LogP contribution < -0.4 is 50.9 Å². The minimum absolute atomic E-state index is 0.0686. The van der Waals surface area contributed by atoms with E-state index in [-0.39, 0.29) is 43.0 Å². The molecule has 24 nitrogen and oxygen atoms in total. The smallest absolute Gasteiger partial charge is 0.311 e. The van der Waals surface area contributed by atoms with Gasteiger partial charge in [0.1, 0.15) is 23.0 Å². The molecule has 0 radical (unpaired) electrons. The number of carbonyl (C=O) groups is 7. The summed E-state index contributed by atoms with van der Waals surface area (Å²) >= 11 is 36.5. The number of hydrogen-bond donors (Lipinski definition) is 0. The molecule has 0 amide bonds. The molecule has 37 heteroatoms. The van der Waals surface area contributed by atoms with Crippen molar-refractivity contribution in [1.82, 2.24) is 0 Å². The van der Waals surface area contributed by atoms with Crippen LogP contribution in [0, 0.1) is 31.9 Å². The lowest BCUT2D eigenvalue weighted by Gasteiger charge is -2.39. The number of allylic oxidation sites excluding steroid dienone is 7. The summed E-state index contributed by atoms with van der Waals surface area (Å²) in [6, 6.07) is 32.3. The molecule has 7 rings (SSSR count). The number of hydrogen-bond acceptors (Lipinski definition) is 22. The van der Waals surface area contributed by atoms with E-state index in [4.69, 9.17) is 132 Å². The fourth-order valence-corrected chi connectivity index (χ4v) is 13.6. The highest BCUT2D eigenvalue weighted by Gasteiger charge is 2.44. The van der Waals surface area contributed by atoms with E-state index in [1.807, 2.05) is 54.6 Å². The quantitative estimate of drug-likeness (QED) is 0.0128. The van der Waals surface area contributed by atoms with Crippen molar-refractivity contribution >= 4 is 205 Å². The summed E-state index contributed by atoms with van der Waals surface area (Å²) in [7, 11) is 2.55. The summed E-state index contributed by atoms with van der Waals surface area (Å²) in [6.45, 7) is 44.0. The molecule has 0 aliphatic heterocycles. The van der Waals surface area contributed by atoms with Crippen LogP contribution in [-0.2, 0) is 33.6 Å². The molecule has 131 heavy (non-hydrogen) atoms. The highest BCUT2D eigenvalue weighted by atomic mass is 35.5. The summed E-state index contributed by atoms with van der Waals surface area (Å²) in [5, 5.41) is 17.7. The number of methoxy groups -OCH3 is 7. The summed E-state index contributed by atoms with van der Waals surface area (Å²) in [6.07, 6.45) is 19.3. The second kappa shape index (κ2) is 54.7. The molecule has 712 valence electrons. The zero-order valence-electron chi connectivity index (χ0n) is 78.4. The van der Waals surface area contributed by atoms with E-state index >= 15 is 0 Å². The first-order chi connectivity index (χ1) is 60.4. The number of ether oxygens (including phenoxy) is 7. The Bertz CT molecular complexity index is 5310. The molecule has 0 aliphatic carbocycles. The maximum Gasteiger partial charge on any atom is 0.311 e. The number of rotatable bonds is 31. The van der Waals surface area contributed by atoms with Crippen LogP contribution >= 0.6 is 81.2 Å². The molecule has 0 saturated heterocycles. The predicted molar refractivity (Wildman–Crippen MR) is 535 cm³/mol. The monoisotopic (exact) mass is 2020 g/mol. The Balaban J connectivity index is 0.000000772. The summed E-state index contributed by atoms with van der Waals surface area (Å²) in [5.74, 6) is 4.28. The van der Waals surface area contributed by atoms with Crippen LogP contribution in [0.3, 0.4) is 0 Å².